The Hall–Kier alpha value is -3.88. The van der Waals surface area contributed by atoms with Gasteiger partial charge in [0.05, 0.1) is 11.9 Å². The Morgan fingerprint density at radius 2 is 1.81 bits per heavy atom. The Kier molecular flexibility index (Phi) is 5.57. The van der Waals surface area contributed by atoms with Crippen molar-refractivity contribution in [1.82, 2.24) is 9.55 Å². The number of benzene rings is 3. The van der Waals surface area contributed by atoms with Crippen LogP contribution in [0.2, 0.25) is 5.02 Å². The maximum absolute atomic E-state index is 8.34. The summed E-state index contributed by atoms with van der Waals surface area (Å²) >= 11 is 6.03. The summed E-state index contributed by atoms with van der Waals surface area (Å²) in [6.07, 6.45) is 1.10. The Morgan fingerprint density at radius 1 is 1.03 bits per heavy atom. The number of hydrogen-bond donors (Lipinski definition) is 2. The second kappa shape index (κ2) is 8.47. The van der Waals surface area contributed by atoms with Crippen LogP contribution in [0.1, 0.15) is 12.5 Å². The molecule has 0 aliphatic carbocycles. The van der Waals surface area contributed by atoms with Gasteiger partial charge >= 0.3 is 0 Å². The van der Waals surface area contributed by atoms with Crippen LogP contribution >= 0.6 is 11.6 Å². The van der Waals surface area contributed by atoms with Crippen LogP contribution in [0.3, 0.4) is 0 Å². The smallest absolute Gasteiger partial charge is 0.229 e. The standard InChI is InChI=1S/C25H20ClN5/c1-3-5-17-8-13-22-23(14-17)31(16-27)25(28)29-24(22)30(2)21-7-4-6-19(15-21)18-9-11-20(26)12-10-18/h4,6-16,27-28H,1-2H3. The molecule has 0 unspecified atom stereocenters. The number of nitrogens with one attached hydrogen (secondary N) is 2. The fourth-order valence-electron chi connectivity index (χ4n) is 3.52. The Bertz CT molecular complexity index is 1410. The molecule has 1 aromatic heterocycles. The molecule has 6 heteroatoms. The van der Waals surface area contributed by atoms with Crippen LogP contribution in [0.25, 0.3) is 22.0 Å². The molecule has 0 radical (unpaired) electrons. The van der Waals surface area contributed by atoms with Gasteiger partial charge in [-0.1, -0.05) is 41.8 Å². The van der Waals surface area contributed by atoms with E-state index >= 15 is 0 Å². The lowest BCUT2D eigenvalue weighted by Crippen LogP contribution is -2.26. The average molecular weight is 426 g/mol. The molecule has 0 atom stereocenters. The average Bonchev–Trinajstić information content (AvgIpc) is 2.79. The lowest BCUT2D eigenvalue weighted by atomic mass is 10.0. The van der Waals surface area contributed by atoms with Crippen LogP contribution in [0.15, 0.2) is 66.7 Å². The summed E-state index contributed by atoms with van der Waals surface area (Å²) in [5, 5.41) is 17.6. The predicted molar refractivity (Wildman–Crippen MR) is 127 cm³/mol. The van der Waals surface area contributed by atoms with Crippen LogP contribution in [0.4, 0.5) is 11.5 Å². The number of hydrogen-bond acceptors (Lipinski definition) is 4. The van der Waals surface area contributed by atoms with E-state index in [-0.39, 0.29) is 5.62 Å². The molecule has 0 aliphatic rings. The number of halogens is 1. The van der Waals surface area contributed by atoms with Gasteiger partial charge in [0.25, 0.3) is 0 Å². The SMILES string of the molecule is CC#Cc1ccc2c(N(C)c3cccc(-c4ccc(Cl)cc4)c3)nc(=N)n(C=N)c2c1. The first-order chi connectivity index (χ1) is 15.0. The first kappa shape index (κ1) is 20.4. The van der Waals surface area contributed by atoms with Crippen molar-refractivity contribution in [3.63, 3.8) is 0 Å². The fraction of sp³-hybridized carbons (Fsp3) is 0.0800. The summed E-state index contributed by atoms with van der Waals surface area (Å²) in [5.41, 5.74) is 4.59. The van der Waals surface area contributed by atoms with Crippen molar-refractivity contribution in [2.75, 3.05) is 11.9 Å². The van der Waals surface area contributed by atoms with E-state index in [9.17, 15) is 0 Å². The highest BCUT2D eigenvalue weighted by molar-refractivity contribution is 6.30. The lowest BCUT2D eigenvalue weighted by molar-refractivity contribution is 0.915. The van der Waals surface area contributed by atoms with Crippen LogP contribution in [0, 0.1) is 22.7 Å². The molecule has 31 heavy (non-hydrogen) atoms. The fourth-order valence-corrected chi connectivity index (χ4v) is 3.64. The monoisotopic (exact) mass is 425 g/mol. The minimum absolute atomic E-state index is 0.0141. The van der Waals surface area contributed by atoms with Crippen LogP contribution in [0.5, 0.6) is 0 Å². The molecule has 0 aliphatic heterocycles. The highest BCUT2D eigenvalue weighted by Crippen LogP contribution is 2.31. The minimum Gasteiger partial charge on any atom is -0.329 e. The lowest BCUT2D eigenvalue weighted by Gasteiger charge is -2.22. The van der Waals surface area contributed by atoms with E-state index in [1.807, 2.05) is 72.6 Å². The number of fused-ring (bicyclic) bond motifs is 1. The van der Waals surface area contributed by atoms with E-state index in [4.69, 9.17) is 22.4 Å². The number of nitrogens with zero attached hydrogens (tertiary/aromatic N) is 3. The summed E-state index contributed by atoms with van der Waals surface area (Å²) in [5.74, 6) is 6.57. The van der Waals surface area contributed by atoms with Crippen LogP contribution < -0.4 is 10.5 Å². The van der Waals surface area contributed by atoms with Crippen molar-refractivity contribution in [2.45, 2.75) is 6.92 Å². The second-order valence-corrected chi connectivity index (χ2v) is 7.42. The molecular formula is C25H20ClN5. The van der Waals surface area contributed by atoms with Crippen molar-refractivity contribution in [1.29, 1.82) is 10.8 Å². The van der Waals surface area contributed by atoms with Crippen molar-refractivity contribution >= 4 is 40.3 Å². The van der Waals surface area contributed by atoms with Gasteiger partial charge in [0, 0.05) is 28.7 Å². The molecule has 0 amide bonds. The van der Waals surface area contributed by atoms with E-state index < -0.39 is 0 Å². The highest BCUT2D eigenvalue weighted by atomic mass is 35.5. The second-order valence-electron chi connectivity index (χ2n) is 6.98. The normalized spacial score (nSPS) is 10.4. The van der Waals surface area contributed by atoms with E-state index in [1.165, 1.54) is 4.57 Å². The van der Waals surface area contributed by atoms with Crippen LogP contribution in [-0.4, -0.2) is 22.9 Å². The zero-order chi connectivity index (χ0) is 22.0. The van der Waals surface area contributed by atoms with Gasteiger partial charge in [-0.25, -0.2) is 0 Å². The molecule has 0 fully saturated rings. The van der Waals surface area contributed by atoms with Gasteiger partial charge in [-0.05, 0) is 60.5 Å². The molecule has 0 saturated carbocycles. The van der Waals surface area contributed by atoms with E-state index in [0.29, 0.717) is 16.4 Å². The number of rotatable bonds is 4. The van der Waals surface area contributed by atoms with E-state index in [2.05, 4.69) is 22.9 Å². The third-order valence-corrected chi connectivity index (χ3v) is 5.32. The van der Waals surface area contributed by atoms with Gasteiger partial charge in [-0.15, -0.1) is 5.92 Å². The highest BCUT2D eigenvalue weighted by Gasteiger charge is 2.14. The number of aromatic nitrogens is 2. The zero-order valence-electron chi connectivity index (χ0n) is 17.1. The van der Waals surface area contributed by atoms with Gasteiger partial charge in [0.15, 0.2) is 0 Å². The largest absolute Gasteiger partial charge is 0.329 e. The van der Waals surface area contributed by atoms with Gasteiger partial charge in [0.1, 0.15) is 5.82 Å². The summed E-state index contributed by atoms with van der Waals surface area (Å²) < 4.78 is 1.44. The predicted octanol–water partition coefficient (Wildman–Crippen LogP) is 5.43. The third-order valence-electron chi connectivity index (χ3n) is 5.07. The molecular weight excluding hydrogens is 406 g/mol. The molecule has 4 rings (SSSR count). The molecule has 2 N–H and O–H groups in total. The molecule has 5 nitrogen and oxygen atoms in total. The van der Waals surface area contributed by atoms with E-state index in [1.54, 1.807) is 6.92 Å². The Balaban J connectivity index is 1.86. The van der Waals surface area contributed by atoms with Crippen molar-refractivity contribution in [2.24, 2.45) is 0 Å². The van der Waals surface area contributed by atoms with Gasteiger partial charge in [0.2, 0.25) is 5.62 Å². The molecule has 0 bridgehead atoms. The molecule has 3 aromatic carbocycles. The molecule has 4 aromatic rings. The maximum Gasteiger partial charge on any atom is 0.229 e. The molecule has 1 heterocycles. The molecule has 0 spiro atoms. The molecule has 152 valence electrons. The molecule has 0 saturated heterocycles. The minimum atomic E-state index is -0.0141. The van der Waals surface area contributed by atoms with Crippen LogP contribution in [-0.2, 0) is 0 Å². The van der Waals surface area contributed by atoms with Crippen molar-refractivity contribution < 1.29 is 0 Å². The quantitative estimate of drug-likeness (QED) is 0.260. The first-order valence-corrected chi connectivity index (χ1v) is 10.0. The topological polar surface area (TPSA) is 68.8 Å². The number of anilines is 2. The summed E-state index contributed by atoms with van der Waals surface area (Å²) in [6.45, 7) is 1.78. The van der Waals surface area contributed by atoms with Crippen molar-refractivity contribution in [3.05, 3.63) is 82.9 Å². The van der Waals surface area contributed by atoms with Gasteiger partial charge in [-0.2, -0.15) is 4.98 Å². The van der Waals surface area contributed by atoms with Crippen molar-refractivity contribution in [3.8, 4) is 23.0 Å². The summed E-state index contributed by atoms with van der Waals surface area (Å²) in [4.78, 5) is 6.45. The van der Waals surface area contributed by atoms with Gasteiger partial charge in [-0.3, -0.25) is 15.4 Å². The Labute approximate surface area is 185 Å². The Morgan fingerprint density at radius 3 is 2.52 bits per heavy atom. The third kappa shape index (κ3) is 3.94. The summed E-state index contributed by atoms with van der Waals surface area (Å²) in [7, 11) is 1.93. The maximum atomic E-state index is 8.34. The summed E-state index contributed by atoms with van der Waals surface area (Å²) in [6, 6.07) is 21.6. The van der Waals surface area contributed by atoms with E-state index in [0.717, 1.165) is 34.1 Å². The zero-order valence-corrected chi connectivity index (χ0v) is 17.9. The van der Waals surface area contributed by atoms with Gasteiger partial charge < -0.3 is 4.90 Å². The first-order valence-electron chi connectivity index (χ1n) is 9.66.